The van der Waals surface area contributed by atoms with Crippen molar-refractivity contribution < 1.29 is 9.13 Å². The number of nitrogens with two attached hydrogens (primary N) is 1. The maximum absolute atomic E-state index is 13.2. The van der Waals surface area contributed by atoms with Crippen molar-refractivity contribution in [2.45, 2.75) is 26.4 Å². The second-order valence-electron chi connectivity index (χ2n) is 4.02. The van der Waals surface area contributed by atoms with Crippen molar-refractivity contribution in [2.75, 3.05) is 5.73 Å². The average molecular weight is 309 g/mol. The van der Waals surface area contributed by atoms with Gasteiger partial charge in [0.25, 0.3) is 0 Å². The number of ether oxygens (including phenoxy) is 1. The fourth-order valence-corrected chi connectivity index (χ4v) is 1.45. The number of rotatable bonds is 1. The van der Waals surface area contributed by atoms with Crippen LogP contribution in [0.2, 0.25) is 0 Å². The minimum absolute atomic E-state index is 0.306. The third-order valence-corrected chi connectivity index (χ3v) is 2.30. The van der Waals surface area contributed by atoms with E-state index in [-0.39, 0.29) is 11.4 Å². The molecule has 0 heterocycles. The van der Waals surface area contributed by atoms with Crippen LogP contribution in [0.5, 0.6) is 5.75 Å². The Hall–Kier alpha value is -0.520. The Morgan fingerprint density at radius 2 is 1.93 bits per heavy atom. The van der Waals surface area contributed by atoms with Gasteiger partial charge in [0.05, 0.1) is 9.26 Å². The minimum Gasteiger partial charge on any atom is -0.486 e. The minimum atomic E-state index is -0.368. The molecule has 14 heavy (non-hydrogen) atoms. The maximum Gasteiger partial charge on any atom is 0.145 e. The number of benzene rings is 1. The molecule has 0 bridgehead atoms. The molecule has 1 aromatic carbocycles. The van der Waals surface area contributed by atoms with Crippen LogP contribution in [0.15, 0.2) is 12.1 Å². The van der Waals surface area contributed by atoms with Gasteiger partial charge in [-0.15, -0.1) is 0 Å². The summed E-state index contributed by atoms with van der Waals surface area (Å²) in [6, 6.07) is 2.89. The fraction of sp³-hybridized carbons (Fsp3) is 0.400. The lowest BCUT2D eigenvalue weighted by atomic mass is 10.2. The summed E-state index contributed by atoms with van der Waals surface area (Å²) >= 11 is 1.89. The molecule has 0 spiro atoms. The first-order valence-corrected chi connectivity index (χ1v) is 5.31. The van der Waals surface area contributed by atoms with Crippen LogP contribution in [0.1, 0.15) is 20.8 Å². The number of hydrogen-bond acceptors (Lipinski definition) is 2. The lowest BCUT2D eigenvalue weighted by molar-refractivity contribution is 0.131. The van der Waals surface area contributed by atoms with Gasteiger partial charge in [0.15, 0.2) is 0 Å². The van der Waals surface area contributed by atoms with Gasteiger partial charge in [0, 0.05) is 6.07 Å². The molecule has 4 heteroatoms. The monoisotopic (exact) mass is 309 g/mol. The van der Waals surface area contributed by atoms with Crippen molar-refractivity contribution in [1.29, 1.82) is 0 Å². The lowest BCUT2D eigenvalue weighted by Gasteiger charge is -2.22. The molecule has 0 fully saturated rings. The number of halogens is 2. The van der Waals surface area contributed by atoms with E-state index in [0.717, 1.165) is 0 Å². The molecule has 2 nitrogen and oxygen atoms in total. The van der Waals surface area contributed by atoms with E-state index >= 15 is 0 Å². The third-order valence-electron chi connectivity index (χ3n) is 1.47. The highest BCUT2D eigenvalue weighted by Gasteiger charge is 2.15. The molecule has 0 atom stereocenters. The molecule has 0 saturated heterocycles. The predicted octanol–water partition coefficient (Wildman–Crippen LogP) is 3.19. The van der Waals surface area contributed by atoms with E-state index in [4.69, 9.17) is 10.5 Å². The van der Waals surface area contributed by atoms with Crippen LogP contribution in [0, 0.1) is 9.39 Å². The van der Waals surface area contributed by atoms with Gasteiger partial charge in [-0.2, -0.15) is 0 Å². The summed E-state index contributed by atoms with van der Waals surface area (Å²) in [4.78, 5) is 0. The lowest BCUT2D eigenvalue weighted by Crippen LogP contribution is -2.23. The standard InChI is InChI=1S/C10H13FINO/c1-10(2,3)14-9-4-6(11)7(12)5-8(9)13/h4-5H,13H2,1-3H3. The van der Waals surface area contributed by atoms with E-state index in [0.29, 0.717) is 15.0 Å². The Morgan fingerprint density at radius 3 is 2.43 bits per heavy atom. The summed E-state index contributed by atoms with van der Waals surface area (Å²) < 4.78 is 19.2. The fourth-order valence-electron chi connectivity index (χ4n) is 0.962. The molecular weight excluding hydrogens is 296 g/mol. The molecule has 0 saturated carbocycles. The first kappa shape index (κ1) is 11.6. The zero-order chi connectivity index (χ0) is 10.9. The van der Waals surface area contributed by atoms with Crippen LogP contribution < -0.4 is 10.5 Å². The highest BCUT2D eigenvalue weighted by atomic mass is 127. The molecule has 0 aliphatic carbocycles. The topological polar surface area (TPSA) is 35.2 Å². The number of nitrogen functional groups attached to an aromatic ring is 1. The zero-order valence-corrected chi connectivity index (χ0v) is 10.6. The Balaban J connectivity index is 3.04. The van der Waals surface area contributed by atoms with Crippen LogP contribution in [0.3, 0.4) is 0 Å². The predicted molar refractivity (Wildman–Crippen MR) is 63.9 cm³/mol. The van der Waals surface area contributed by atoms with Crippen LogP contribution in [-0.2, 0) is 0 Å². The summed E-state index contributed by atoms with van der Waals surface area (Å²) in [5.41, 5.74) is 5.80. The summed E-state index contributed by atoms with van der Waals surface area (Å²) in [6.45, 7) is 5.67. The van der Waals surface area contributed by atoms with E-state index in [9.17, 15) is 4.39 Å². The summed E-state index contributed by atoms with van der Waals surface area (Å²) in [6.07, 6.45) is 0. The van der Waals surface area contributed by atoms with Gasteiger partial charge in [-0.1, -0.05) is 0 Å². The maximum atomic E-state index is 13.2. The van der Waals surface area contributed by atoms with Gasteiger partial charge in [-0.3, -0.25) is 0 Å². The summed E-state index contributed by atoms with van der Waals surface area (Å²) in [5, 5.41) is 0. The Bertz CT molecular complexity index is 347. The molecule has 0 radical (unpaired) electrons. The van der Waals surface area contributed by atoms with E-state index in [2.05, 4.69) is 0 Å². The molecule has 0 aliphatic rings. The van der Waals surface area contributed by atoms with E-state index < -0.39 is 0 Å². The van der Waals surface area contributed by atoms with Gasteiger partial charge in [-0.25, -0.2) is 4.39 Å². The normalized spacial score (nSPS) is 11.5. The number of hydrogen-bond donors (Lipinski definition) is 1. The Labute approximate surface area is 96.8 Å². The van der Waals surface area contributed by atoms with Gasteiger partial charge < -0.3 is 10.5 Å². The first-order chi connectivity index (χ1) is 6.29. The second kappa shape index (κ2) is 3.92. The van der Waals surface area contributed by atoms with Crippen LogP contribution in [-0.4, -0.2) is 5.60 Å². The number of anilines is 1. The Kier molecular flexibility index (Phi) is 3.24. The van der Waals surface area contributed by atoms with E-state index in [1.54, 1.807) is 6.07 Å². The van der Waals surface area contributed by atoms with Gasteiger partial charge in [-0.05, 0) is 49.4 Å². The van der Waals surface area contributed by atoms with Crippen molar-refractivity contribution in [3.05, 3.63) is 21.5 Å². The molecule has 0 amide bonds. The van der Waals surface area contributed by atoms with Crippen molar-refractivity contribution >= 4 is 28.3 Å². The summed E-state index contributed by atoms with van der Waals surface area (Å²) in [7, 11) is 0. The van der Waals surface area contributed by atoms with Crippen molar-refractivity contribution in [2.24, 2.45) is 0 Å². The third kappa shape index (κ3) is 3.01. The van der Waals surface area contributed by atoms with Gasteiger partial charge in [0.2, 0.25) is 0 Å². The largest absolute Gasteiger partial charge is 0.486 e. The summed E-state index contributed by atoms with van der Waals surface area (Å²) in [5.74, 6) is 0.0921. The highest BCUT2D eigenvalue weighted by molar-refractivity contribution is 14.1. The molecule has 78 valence electrons. The molecule has 1 rings (SSSR count). The molecule has 2 N–H and O–H groups in total. The van der Waals surface area contributed by atoms with Gasteiger partial charge >= 0.3 is 0 Å². The van der Waals surface area contributed by atoms with Gasteiger partial charge in [0.1, 0.15) is 17.2 Å². The molecule has 0 aliphatic heterocycles. The molecule has 0 aromatic heterocycles. The van der Waals surface area contributed by atoms with Crippen LogP contribution >= 0.6 is 22.6 Å². The van der Waals surface area contributed by atoms with Crippen molar-refractivity contribution in [3.8, 4) is 5.75 Å². The highest BCUT2D eigenvalue weighted by Crippen LogP contribution is 2.29. The van der Waals surface area contributed by atoms with Crippen molar-refractivity contribution in [3.63, 3.8) is 0 Å². The average Bonchev–Trinajstić information content (AvgIpc) is 1.97. The van der Waals surface area contributed by atoms with E-state index in [1.165, 1.54) is 6.07 Å². The smallest absolute Gasteiger partial charge is 0.145 e. The van der Waals surface area contributed by atoms with Crippen LogP contribution in [0.25, 0.3) is 0 Å². The molecule has 1 aromatic rings. The quantitative estimate of drug-likeness (QED) is 0.639. The first-order valence-electron chi connectivity index (χ1n) is 4.23. The van der Waals surface area contributed by atoms with Crippen molar-refractivity contribution in [1.82, 2.24) is 0 Å². The molecule has 0 unspecified atom stereocenters. The van der Waals surface area contributed by atoms with Crippen LogP contribution in [0.4, 0.5) is 10.1 Å². The zero-order valence-electron chi connectivity index (χ0n) is 8.40. The second-order valence-corrected chi connectivity index (χ2v) is 5.18. The molecular formula is C10H13FINO. The van der Waals surface area contributed by atoms with E-state index in [1.807, 2.05) is 43.4 Å². The SMILES string of the molecule is CC(C)(C)Oc1cc(F)c(I)cc1N. The Morgan fingerprint density at radius 1 is 1.36 bits per heavy atom.